The monoisotopic (exact) mass is 1570 g/mol. The number of hydrogen-bond donors (Lipinski definition) is 12. The van der Waals surface area contributed by atoms with Gasteiger partial charge in [0, 0.05) is 6.42 Å². The second-order valence-electron chi connectivity index (χ2n) is 30.3. The van der Waals surface area contributed by atoms with E-state index in [9.17, 15) is 61.0 Å². The van der Waals surface area contributed by atoms with E-state index in [0.29, 0.717) is 12.8 Å². The Bertz CT molecular complexity index is 2640. The van der Waals surface area contributed by atoms with Gasteiger partial charge in [-0.15, -0.1) is 0 Å². The van der Waals surface area contributed by atoms with Crippen molar-refractivity contribution in [2.75, 3.05) is 26.4 Å². The van der Waals surface area contributed by atoms with Crippen LogP contribution in [-0.4, -0.2) is 193 Å². The van der Waals surface area contributed by atoms with Gasteiger partial charge in [-0.25, -0.2) is 0 Å². The van der Waals surface area contributed by atoms with Crippen LogP contribution in [0.5, 0.6) is 0 Å². The molecule has 0 aromatic carbocycles. The first-order valence-electron chi connectivity index (χ1n) is 43.7. The number of aliphatic hydroxyl groups excluding tert-OH is 11. The van der Waals surface area contributed by atoms with E-state index in [1.165, 1.54) is 148 Å². The van der Waals surface area contributed by atoms with Crippen molar-refractivity contribution in [1.82, 2.24) is 5.32 Å². The molecule has 0 aromatic heterocycles. The quantitative estimate of drug-likeness (QED) is 0.0199. The van der Waals surface area contributed by atoms with Crippen molar-refractivity contribution in [2.24, 2.45) is 0 Å². The van der Waals surface area contributed by atoms with E-state index in [-0.39, 0.29) is 12.3 Å². The van der Waals surface area contributed by atoms with Gasteiger partial charge < -0.3 is 89.9 Å². The highest BCUT2D eigenvalue weighted by atomic mass is 16.8. The summed E-state index contributed by atoms with van der Waals surface area (Å²) in [6, 6.07) is -1.02. The third-order valence-corrected chi connectivity index (χ3v) is 20.6. The van der Waals surface area contributed by atoms with Gasteiger partial charge in [-0.1, -0.05) is 326 Å². The third-order valence-electron chi connectivity index (χ3n) is 20.6. The number of nitrogens with one attached hydrogen (secondary N) is 1. The Labute approximate surface area is 675 Å². The van der Waals surface area contributed by atoms with E-state index < -0.39 is 131 Å². The van der Waals surface area contributed by atoms with Crippen molar-refractivity contribution < 1.29 is 89.4 Å². The molecular formula is C93H155NO18. The van der Waals surface area contributed by atoms with Gasteiger partial charge in [0.05, 0.1) is 38.6 Å². The molecule has 17 atom stereocenters. The molecule has 3 saturated heterocycles. The summed E-state index contributed by atoms with van der Waals surface area (Å²) in [5, 5.41) is 121. The van der Waals surface area contributed by atoms with E-state index in [1.807, 2.05) is 6.08 Å². The van der Waals surface area contributed by atoms with Crippen molar-refractivity contribution in [3.63, 3.8) is 0 Å². The van der Waals surface area contributed by atoms with Gasteiger partial charge >= 0.3 is 0 Å². The van der Waals surface area contributed by atoms with Crippen LogP contribution < -0.4 is 5.32 Å². The minimum atomic E-state index is -1.99. The summed E-state index contributed by atoms with van der Waals surface area (Å²) in [5.41, 5.74) is 0. The zero-order valence-electron chi connectivity index (χ0n) is 68.8. The van der Waals surface area contributed by atoms with Crippen molar-refractivity contribution in [3.8, 4) is 0 Å². The lowest BCUT2D eigenvalue weighted by atomic mass is 9.96. The summed E-state index contributed by atoms with van der Waals surface area (Å²) in [6.45, 7) is 1.59. The molecule has 640 valence electrons. The number of carbonyl (C=O) groups excluding carboxylic acids is 1. The standard InChI is InChI=1S/C93H155NO18/c1-3-5-7-9-11-13-15-17-19-21-23-25-27-29-31-33-35-36-37-38-39-40-41-43-45-47-49-51-53-55-57-59-61-63-65-67-69-71-81(99)94-76(77(98)70-68-66-64-62-60-58-56-54-52-50-48-46-44-42-34-32-30-28-26-24-22-20-18-16-14-12-10-8-6-4-2)75-107-91-87(105)84(102)89(79(73-96)109-91)112-93-88(106)85(103)90(80(74-97)110-93)111-92-86(104)83(101)82(100)78(72-95)108-92/h5,7,11,13,17,19,23,25,29,31,35-36,38-39,41,43,47,49,53,55,59-62,68,70,76-80,82-93,95-98,100-106H,3-4,6,8-10,12,14-16,18,20-22,24,26-28,30,32-34,37,40,42,44-46,48,50-52,54,56-58,63-67,69,71-75H2,1-2H3,(H,94,99)/b7-5-,13-11-,19-17-,25-23-,31-29-,36-35-,39-38-,43-41-,49-47-,55-53-,61-59-,62-60+,70-68+. The zero-order valence-corrected chi connectivity index (χ0v) is 68.8. The number of amides is 1. The van der Waals surface area contributed by atoms with Crippen LogP contribution >= 0.6 is 0 Å². The first-order chi connectivity index (χ1) is 54.8. The number of aliphatic hydroxyl groups is 11. The molecule has 0 saturated carbocycles. The van der Waals surface area contributed by atoms with Crippen LogP contribution in [0.4, 0.5) is 0 Å². The lowest BCUT2D eigenvalue weighted by Gasteiger charge is -2.48. The van der Waals surface area contributed by atoms with E-state index in [4.69, 9.17) is 28.4 Å². The summed E-state index contributed by atoms with van der Waals surface area (Å²) in [6.07, 6.45) is 78.1. The molecule has 19 heteroatoms. The molecule has 17 unspecified atom stereocenters. The Morgan fingerprint density at radius 2 is 0.625 bits per heavy atom. The number of ether oxygens (including phenoxy) is 6. The first-order valence-corrected chi connectivity index (χ1v) is 43.7. The van der Waals surface area contributed by atoms with Crippen LogP contribution in [0.3, 0.4) is 0 Å². The van der Waals surface area contributed by atoms with Gasteiger partial charge in [-0.05, 0) is 116 Å². The predicted octanol–water partition coefficient (Wildman–Crippen LogP) is 16.3. The highest BCUT2D eigenvalue weighted by molar-refractivity contribution is 5.76. The molecule has 3 rings (SSSR count). The molecule has 3 aliphatic heterocycles. The summed E-state index contributed by atoms with van der Waals surface area (Å²) in [7, 11) is 0. The maximum Gasteiger partial charge on any atom is 0.220 e. The fraction of sp³-hybridized carbons (Fsp3) is 0.710. The summed E-state index contributed by atoms with van der Waals surface area (Å²) in [4.78, 5) is 13.5. The topological polar surface area (TPSA) is 307 Å². The molecular weight excluding hydrogens is 1420 g/mol. The maximum atomic E-state index is 13.5. The van der Waals surface area contributed by atoms with Gasteiger partial charge in [0.25, 0.3) is 0 Å². The molecule has 0 bridgehead atoms. The normalized spacial score (nSPS) is 25.7. The third kappa shape index (κ3) is 48.8. The summed E-state index contributed by atoms with van der Waals surface area (Å²) < 4.78 is 34.4. The zero-order chi connectivity index (χ0) is 81.0. The van der Waals surface area contributed by atoms with E-state index in [0.717, 1.165) is 109 Å². The second-order valence-corrected chi connectivity index (χ2v) is 30.3. The van der Waals surface area contributed by atoms with E-state index in [1.54, 1.807) is 6.08 Å². The maximum absolute atomic E-state index is 13.5. The van der Waals surface area contributed by atoms with Crippen molar-refractivity contribution in [2.45, 2.75) is 394 Å². The lowest BCUT2D eigenvalue weighted by Crippen LogP contribution is -2.66. The smallest absolute Gasteiger partial charge is 0.220 e. The van der Waals surface area contributed by atoms with Crippen LogP contribution in [0.15, 0.2) is 158 Å². The average molecular weight is 1580 g/mol. The molecule has 0 radical (unpaired) electrons. The molecule has 0 aromatic rings. The van der Waals surface area contributed by atoms with Crippen LogP contribution in [0.1, 0.15) is 290 Å². The second kappa shape index (κ2) is 70.6. The fourth-order valence-corrected chi connectivity index (χ4v) is 13.6. The molecule has 0 aliphatic carbocycles. The SMILES string of the molecule is CC/C=C\C/C=C\C/C=C\C/C=C\C/C=C\C/C=C\C/C=C\C/C=C\C/C=C\C/C=C\C/C=C\CCCCCC(=O)NC(COC1OC(CO)C(OC2OC(CO)C(OC3OC(CO)C(O)C(O)C3O)C(O)C2O)C(O)C1O)C(O)/C=C/CC/C=C/CCCCCCCCCCCCCCCCCCCCCCCCCC. The number of rotatable bonds is 68. The molecule has 12 N–H and O–H groups in total. The lowest BCUT2D eigenvalue weighted by molar-refractivity contribution is -0.379. The van der Waals surface area contributed by atoms with Gasteiger partial charge in [-0.3, -0.25) is 4.79 Å². The Balaban J connectivity index is 1.38. The van der Waals surface area contributed by atoms with Crippen LogP contribution in [0, 0.1) is 0 Å². The van der Waals surface area contributed by atoms with Crippen LogP contribution in [0.25, 0.3) is 0 Å². The Morgan fingerprint density at radius 1 is 0.330 bits per heavy atom. The van der Waals surface area contributed by atoms with Gasteiger partial charge in [0.2, 0.25) is 5.91 Å². The predicted molar refractivity (Wildman–Crippen MR) is 452 cm³/mol. The Morgan fingerprint density at radius 3 is 1.00 bits per heavy atom. The highest BCUT2D eigenvalue weighted by Gasteiger charge is 2.54. The van der Waals surface area contributed by atoms with Crippen molar-refractivity contribution in [3.05, 3.63) is 158 Å². The molecule has 0 spiro atoms. The highest BCUT2D eigenvalue weighted by Crippen LogP contribution is 2.33. The number of carbonyl (C=O) groups is 1. The van der Waals surface area contributed by atoms with E-state index in [2.05, 4.69) is 165 Å². The van der Waals surface area contributed by atoms with Crippen LogP contribution in [0.2, 0.25) is 0 Å². The Hall–Kier alpha value is -4.59. The minimum Gasteiger partial charge on any atom is -0.394 e. The fourth-order valence-electron chi connectivity index (χ4n) is 13.6. The average Bonchev–Trinajstić information content (AvgIpc) is 0.781. The minimum absolute atomic E-state index is 0.185. The molecule has 112 heavy (non-hydrogen) atoms. The van der Waals surface area contributed by atoms with Crippen molar-refractivity contribution in [1.29, 1.82) is 0 Å². The van der Waals surface area contributed by atoms with Gasteiger partial charge in [0.1, 0.15) is 73.2 Å². The van der Waals surface area contributed by atoms with Crippen molar-refractivity contribution >= 4 is 5.91 Å². The molecule has 1 amide bonds. The molecule has 3 aliphatic rings. The number of hydrogen-bond acceptors (Lipinski definition) is 18. The molecule has 3 heterocycles. The largest absolute Gasteiger partial charge is 0.394 e. The summed E-state index contributed by atoms with van der Waals surface area (Å²) in [5.74, 6) is -0.321. The number of allylic oxidation sites excluding steroid dienone is 25. The first kappa shape index (κ1) is 102. The molecule has 3 fully saturated rings. The number of unbranched alkanes of at least 4 members (excludes halogenated alkanes) is 28. The van der Waals surface area contributed by atoms with E-state index >= 15 is 0 Å². The van der Waals surface area contributed by atoms with Gasteiger partial charge in [0.15, 0.2) is 18.9 Å². The summed E-state index contributed by atoms with van der Waals surface area (Å²) >= 11 is 0. The van der Waals surface area contributed by atoms with Gasteiger partial charge in [-0.2, -0.15) is 0 Å². The Kier molecular flexibility index (Phi) is 64.0. The van der Waals surface area contributed by atoms with Crippen LogP contribution in [-0.2, 0) is 33.2 Å². The molecule has 19 nitrogen and oxygen atoms in total.